The first-order valence-electron chi connectivity index (χ1n) is 8.27. The molecule has 130 valence electrons. The molecule has 0 amide bonds. The van der Waals surface area contributed by atoms with Gasteiger partial charge in [-0.05, 0) is 0 Å². The molecule has 0 fully saturated rings. The zero-order chi connectivity index (χ0) is 17.7. The van der Waals surface area contributed by atoms with E-state index >= 15 is 0 Å². The average molecular weight is 454 g/mol. The molecule has 0 radical (unpaired) electrons. The van der Waals surface area contributed by atoms with Crippen LogP contribution in [0.15, 0.2) is 48.5 Å². The molecule has 24 heavy (non-hydrogen) atoms. The van der Waals surface area contributed by atoms with E-state index in [1.54, 1.807) is 8.92 Å². The van der Waals surface area contributed by atoms with Crippen molar-refractivity contribution in [1.29, 1.82) is 0 Å². The van der Waals surface area contributed by atoms with Crippen molar-refractivity contribution in [2.24, 2.45) is 0 Å². The fourth-order valence-corrected chi connectivity index (χ4v) is 10.1. The molecule has 2 aromatic carbocycles. The van der Waals surface area contributed by atoms with E-state index in [4.69, 9.17) is 0 Å². The molecular formula is C20H28N2Se2. The maximum atomic E-state index is 2.33. The number of benzene rings is 2. The van der Waals surface area contributed by atoms with Crippen LogP contribution in [0.1, 0.15) is 37.1 Å². The Bertz CT molecular complexity index is 598. The molecule has 0 aliphatic heterocycles. The summed E-state index contributed by atoms with van der Waals surface area (Å²) >= 11 is 1.02. The molecule has 0 heterocycles. The van der Waals surface area contributed by atoms with Gasteiger partial charge in [0, 0.05) is 0 Å². The van der Waals surface area contributed by atoms with Crippen molar-refractivity contribution in [3.8, 4) is 0 Å². The van der Waals surface area contributed by atoms with Gasteiger partial charge in [-0.25, -0.2) is 0 Å². The topological polar surface area (TPSA) is 6.48 Å². The molecule has 0 saturated carbocycles. The summed E-state index contributed by atoms with van der Waals surface area (Å²) in [4.78, 5) is 4.59. The molecule has 4 heteroatoms. The maximum absolute atomic E-state index is 2.33. The van der Waals surface area contributed by atoms with Gasteiger partial charge in [0.2, 0.25) is 0 Å². The molecule has 2 aromatic rings. The van der Waals surface area contributed by atoms with E-state index in [1.165, 1.54) is 11.1 Å². The van der Waals surface area contributed by atoms with Crippen LogP contribution >= 0.6 is 0 Å². The monoisotopic (exact) mass is 456 g/mol. The average Bonchev–Trinajstić information content (AvgIpc) is 2.59. The van der Waals surface area contributed by atoms with Gasteiger partial charge < -0.3 is 0 Å². The fraction of sp³-hybridized carbons (Fsp3) is 0.400. The van der Waals surface area contributed by atoms with Gasteiger partial charge in [-0.1, -0.05) is 0 Å². The van der Waals surface area contributed by atoms with Crippen LogP contribution in [0.3, 0.4) is 0 Å². The van der Waals surface area contributed by atoms with E-state index in [0.717, 1.165) is 0 Å². The van der Waals surface area contributed by atoms with Crippen LogP contribution < -0.4 is 8.92 Å². The van der Waals surface area contributed by atoms with Gasteiger partial charge in [0.25, 0.3) is 0 Å². The number of nitrogens with zero attached hydrogens (tertiary/aromatic N) is 2. The summed E-state index contributed by atoms with van der Waals surface area (Å²) in [5.41, 5.74) is 2.98. The van der Waals surface area contributed by atoms with E-state index in [9.17, 15) is 0 Å². The zero-order valence-corrected chi connectivity index (χ0v) is 18.9. The molecule has 0 aliphatic rings. The van der Waals surface area contributed by atoms with Crippen LogP contribution in [0, 0.1) is 0 Å². The summed E-state index contributed by atoms with van der Waals surface area (Å²) < 4.78 is 3.11. The Kier molecular flexibility index (Phi) is 7.56. The van der Waals surface area contributed by atoms with Crippen molar-refractivity contribution in [1.82, 2.24) is 9.80 Å². The van der Waals surface area contributed by atoms with E-state index < -0.39 is 0 Å². The normalized spacial score (nSPS) is 14.2. The molecule has 2 rings (SSSR count). The molecule has 2 nitrogen and oxygen atoms in total. The Hall–Kier alpha value is -0.601. The summed E-state index contributed by atoms with van der Waals surface area (Å²) in [5.74, 6) is 0. The quantitative estimate of drug-likeness (QED) is 0.593. The number of rotatable bonds is 7. The predicted molar refractivity (Wildman–Crippen MR) is 108 cm³/mol. The Labute approximate surface area is 158 Å². The molecule has 0 bridgehead atoms. The van der Waals surface area contributed by atoms with Crippen LogP contribution in [0.4, 0.5) is 0 Å². The van der Waals surface area contributed by atoms with E-state index in [0.29, 0.717) is 38.3 Å². The zero-order valence-electron chi connectivity index (χ0n) is 15.5. The van der Waals surface area contributed by atoms with Crippen molar-refractivity contribution < 1.29 is 0 Å². The van der Waals surface area contributed by atoms with Gasteiger partial charge in [-0.2, -0.15) is 0 Å². The Morgan fingerprint density at radius 1 is 0.625 bits per heavy atom. The van der Waals surface area contributed by atoms with Crippen LogP contribution in [0.25, 0.3) is 0 Å². The second-order valence-electron chi connectivity index (χ2n) is 6.52. The Morgan fingerprint density at radius 2 is 0.958 bits per heavy atom. The minimum absolute atomic E-state index is 0.467. The summed E-state index contributed by atoms with van der Waals surface area (Å²) in [6, 6.07) is 18.9. The van der Waals surface area contributed by atoms with Gasteiger partial charge in [0.05, 0.1) is 0 Å². The number of hydrogen-bond donors (Lipinski definition) is 0. The molecule has 0 spiro atoms. The van der Waals surface area contributed by atoms with E-state index in [-0.39, 0.29) is 0 Å². The molecule has 0 unspecified atom stereocenters. The molecule has 0 N–H and O–H groups in total. The van der Waals surface area contributed by atoms with Crippen molar-refractivity contribution in [2.45, 2.75) is 25.9 Å². The second-order valence-corrected chi connectivity index (χ2v) is 12.7. The van der Waals surface area contributed by atoms with Crippen LogP contribution in [-0.4, -0.2) is 64.3 Å². The summed E-state index contributed by atoms with van der Waals surface area (Å²) in [7, 11) is 8.64. The summed E-state index contributed by atoms with van der Waals surface area (Å²) in [5, 5.41) is 0. The SMILES string of the molecule is C[C@@H](c1ccccc1[Se][Se]c1ccccc1[C@H](C)N(C)C)N(C)C. The summed E-state index contributed by atoms with van der Waals surface area (Å²) in [6.07, 6.45) is 0. The predicted octanol–water partition coefficient (Wildman–Crippen LogP) is 2.21. The fourth-order valence-electron chi connectivity index (χ4n) is 2.45. The summed E-state index contributed by atoms with van der Waals surface area (Å²) in [6.45, 7) is 4.59. The third-order valence-corrected chi connectivity index (χ3v) is 11.8. The molecule has 0 aliphatic carbocycles. The van der Waals surface area contributed by atoms with E-state index in [2.05, 4.69) is 100 Å². The Balaban J connectivity index is 2.21. The van der Waals surface area contributed by atoms with Crippen LogP contribution in [0.2, 0.25) is 0 Å². The van der Waals surface area contributed by atoms with Crippen molar-refractivity contribution in [2.75, 3.05) is 28.2 Å². The third-order valence-electron chi connectivity index (χ3n) is 4.51. The van der Waals surface area contributed by atoms with Crippen LogP contribution in [-0.2, 0) is 0 Å². The molecule has 0 aromatic heterocycles. The van der Waals surface area contributed by atoms with Crippen LogP contribution in [0.5, 0.6) is 0 Å². The van der Waals surface area contributed by atoms with Gasteiger partial charge in [0.15, 0.2) is 0 Å². The third kappa shape index (κ3) is 4.95. The first-order chi connectivity index (χ1) is 11.4. The van der Waals surface area contributed by atoms with Gasteiger partial charge >= 0.3 is 159 Å². The molecular weight excluding hydrogens is 426 g/mol. The first kappa shape index (κ1) is 19.7. The standard InChI is InChI=1S/C20H28N2Se2/c1-15(21(3)4)17-11-7-9-13-19(17)23-24-20-14-10-8-12-18(20)16(2)22(5)6/h7-16H,1-6H3/t15-,16-/m0/s1. The van der Waals surface area contributed by atoms with Crippen molar-refractivity contribution in [3.05, 3.63) is 59.7 Å². The first-order valence-corrected chi connectivity index (χ1v) is 14.3. The van der Waals surface area contributed by atoms with E-state index in [1.807, 2.05) is 0 Å². The van der Waals surface area contributed by atoms with Gasteiger partial charge in [0.1, 0.15) is 0 Å². The second kappa shape index (κ2) is 9.19. The molecule has 2 atom stereocenters. The van der Waals surface area contributed by atoms with Gasteiger partial charge in [-0.15, -0.1) is 0 Å². The van der Waals surface area contributed by atoms with Crippen molar-refractivity contribution >= 4 is 35.2 Å². The minimum atomic E-state index is 0.467. The number of hydrogen-bond acceptors (Lipinski definition) is 2. The molecule has 0 saturated heterocycles. The van der Waals surface area contributed by atoms with Crippen molar-refractivity contribution in [3.63, 3.8) is 0 Å². The Morgan fingerprint density at radius 3 is 1.29 bits per heavy atom. The van der Waals surface area contributed by atoms with Gasteiger partial charge in [-0.3, -0.25) is 0 Å².